The first-order chi connectivity index (χ1) is 10.1. The van der Waals surface area contributed by atoms with Crippen LogP contribution in [0.4, 0.5) is 0 Å². The Kier molecular flexibility index (Phi) is 6.19. The van der Waals surface area contributed by atoms with Gasteiger partial charge in [0.25, 0.3) is 0 Å². The number of nitrogens with one attached hydrogen (secondary N) is 1. The van der Waals surface area contributed by atoms with Crippen molar-refractivity contribution in [1.29, 1.82) is 0 Å². The van der Waals surface area contributed by atoms with Gasteiger partial charge in [0.15, 0.2) is 0 Å². The highest BCUT2D eigenvalue weighted by Gasteiger charge is 2.27. The normalized spacial score (nSPS) is 23.7. The summed E-state index contributed by atoms with van der Waals surface area (Å²) in [6.45, 7) is 12.4. The van der Waals surface area contributed by atoms with E-state index in [0.717, 1.165) is 32.0 Å². The molecule has 1 N–H and O–H groups in total. The van der Waals surface area contributed by atoms with E-state index >= 15 is 0 Å². The second-order valence-corrected chi connectivity index (χ2v) is 6.69. The molecule has 21 heavy (non-hydrogen) atoms. The van der Waals surface area contributed by atoms with Crippen molar-refractivity contribution in [3.63, 3.8) is 0 Å². The van der Waals surface area contributed by atoms with Crippen LogP contribution in [0.15, 0.2) is 18.3 Å². The van der Waals surface area contributed by atoms with Gasteiger partial charge in [-0.25, -0.2) is 0 Å². The zero-order valence-corrected chi connectivity index (χ0v) is 14.1. The molecule has 1 aliphatic rings. The summed E-state index contributed by atoms with van der Waals surface area (Å²) < 4.78 is 0. The molecule has 2 atom stereocenters. The van der Waals surface area contributed by atoms with E-state index in [1.165, 1.54) is 24.1 Å². The molecule has 0 amide bonds. The Labute approximate surface area is 130 Å². The summed E-state index contributed by atoms with van der Waals surface area (Å²) in [6.07, 6.45) is 5.47. The van der Waals surface area contributed by atoms with Crippen molar-refractivity contribution in [3.05, 3.63) is 29.6 Å². The molecular weight excluding hydrogens is 258 g/mol. The van der Waals surface area contributed by atoms with Crippen LogP contribution in [0.25, 0.3) is 0 Å². The molecule has 0 aromatic carbocycles. The molecule has 3 heteroatoms. The van der Waals surface area contributed by atoms with E-state index < -0.39 is 0 Å². The predicted molar refractivity (Wildman–Crippen MR) is 89.3 cm³/mol. The lowest BCUT2D eigenvalue weighted by atomic mass is 9.98. The molecule has 2 rings (SSSR count). The molecule has 1 saturated heterocycles. The lowest BCUT2D eigenvalue weighted by Gasteiger charge is -2.40. The predicted octanol–water partition coefficient (Wildman–Crippen LogP) is 3.24. The number of aryl methyl sites for hydroxylation is 1. The number of rotatable bonds is 6. The van der Waals surface area contributed by atoms with Crippen LogP contribution in [0.3, 0.4) is 0 Å². The van der Waals surface area contributed by atoms with Crippen molar-refractivity contribution in [2.45, 2.75) is 65.6 Å². The zero-order valence-electron chi connectivity index (χ0n) is 14.1. The minimum Gasteiger partial charge on any atom is -0.311 e. The van der Waals surface area contributed by atoms with E-state index in [2.05, 4.69) is 55.0 Å². The molecule has 1 aromatic rings. The second-order valence-electron chi connectivity index (χ2n) is 6.69. The van der Waals surface area contributed by atoms with Gasteiger partial charge < -0.3 is 5.32 Å². The maximum atomic E-state index is 4.64. The second kappa shape index (κ2) is 7.90. The molecule has 0 spiro atoms. The van der Waals surface area contributed by atoms with Crippen molar-refractivity contribution >= 4 is 0 Å². The Morgan fingerprint density at radius 1 is 1.38 bits per heavy atom. The highest BCUT2D eigenvalue weighted by molar-refractivity contribution is 5.19. The molecule has 0 saturated carbocycles. The average Bonchev–Trinajstić information content (AvgIpc) is 2.47. The smallest absolute Gasteiger partial charge is 0.0575 e. The third-order valence-corrected chi connectivity index (χ3v) is 4.56. The Morgan fingerprint density at radius 3 is 2.86 bits per heavy atom. The summed E-state index contributed by atoms with van der Waals surface area (Å²) in [5.74, 6) is 0.753. The third-order valence-electron chi connectivity index (χ3n) is 4.56. The van der Waals surface area contributed by atoms with Crippen LogP contribution in [-0.4, -0.2) is 35.1 Å². The third kappa shape index (κ3) is 4.52. The molecule has 0 radical (unpaired) electrons. The van der Waals surface area contributed by atoms with E-state index in [4.69, 9.17) is 0 Å². The molecule has 118 valence electrons. The van der Waals surface area contributed by atoms with Crippen molar-refractivity contribution in [2.24, 2.45) is 5.92 Å². The molecular formula is C18H31N3. The molecule has 2 unspecified atom stereocenters. The van der Waals surface area contributed by atoms with E-state index in [0.29, 0.717) is 12.1 Å². The minimum atomic E-state index is 0.626. The molecule has 3 nitrogen and oxygen atoms in total. The van der Waals surface area contributed by atoms with Crippen LogP contribution in [0, 0.1) is 5.92 Å². The summed E-state index contributed by atoms with van der Waals surface area (Å²) >= 11 is 0. The van der Waals surface area contributed by atoms with Gasteiger partial charge in [0.1, 0.15) is 0 Å². The van der Waals surface area contributed by atoms with Crippen LogP contribution in [0.1, 0.15) is 51.8 Å². The Balaban J connectivity index is 2.06. The lowest BCUT2D eigenvalue weighted by Crippen LogP contribution is -2.56. The van der Waals surface area contributed by atoms with Gasteiger partial charge in [-0.15, -0.1) is 0 Å². The van der Waals surface area contributed by atoms with Gasteiger partial charge in [0, 0.05) is 37.9 Å². The van der Waals surface area contributed by atoms with Gasteiger partial charge in [-0.2, -0.15) is 0 Å². The van der Waals surface area contributed by atoms with Crippen LogP contribution in [0.2, 0.25) is 0 Å². The number of aromatic nitrogens is 1. The summed E-state index contributed by atoms with van der Waals surface area (Å²) in [6, 6.07) is 5.54. The fraction of sp³-hybridized carbons (Fsp3) is 0.722. The van der Waals surface area contributed by atoms with Gasteiger partial charge >= 0.3 is 0 Å². The summed E-state index contributed by atoms with van der Waals surface area (Å²) in [4.78, 5) is 7.28. The first kappa shape index (κ1) is 16.4. The monoisotopic (exact) mass is 289 g/mol. The maximum Gasteiger partial charge on any atom is 0.0575 e. The summed E-state index contributed by atoms with van der Waals surface area (Å²) in [7, 11) is 0. The molecule has 1 fully saturated rings. The van der Waals surface area contributed by atoms with Crippen molar-refractivity contribution in [3.8, 4) is 0 Å². The molecule has 1 aliphatic heterocycles. The minimum absolute atomic E-state index is 0.626. The number of piperazine rings is 1. The van der Waals surface area contributed by atoms with Crippen molar-refractivity contribution in [1.82, 2.24) is 15.2 Å². The van der Waals surface area contributed by atoms with E-state index in [-0.39, 0.29) is 0 Å². The number of hydrogen-bond donors (Lipinski definition) is 1. The topological polar surface area (TPSA) is 28.2 Å². The molecule has 0 bridgehead atoms. The first-order valence-electron chi connectivity index (χ1n) is 8.54. The standard InChI is InChI=1S/C18H31N3/c1-5-15-8-7-9-19-18(15)13-21-12-16(10-14(3)4)20-11-17(21)6-2/h7-9,14,16-17,20H,5-6,10-13H2,1-4H3. The lowest BCUT2D eigenvalue weighted by molar-refractivity contribution is 0.110. The number of nitrogens with zero attached hydrogens (tertiary/aromatic N) is 2. The van der Waals surface area contributed by atoms with Crippen molar-refractivity contribution in [2.75, 3.05) is 13.1 Å². The summed E-state index contributed by atoms with van der Waals surface area (Å²) in [5, 5.41) is 3.73. The van der Waals surface area contributed by atoms with E-state index in [1.54, 1.807) is 0 Å². The Bertz CT molecular complexity index is 430. The quantitative estimate of drug-likeness (QED) is 0.871. The largest absolute Gasteiger partial charge is 0.311 e. The van der Waals surface area contributed by atoms with Gasteiger partial charge in [-0.1, -0.05) is 33.8 Å². The molecule has 2 heterocycles. The number of pyridine rings is 1. The fourth-order valence-corrected chi connectivity index (χ4v) is 3.38. The molecule has 1 aromatic heterocycles. The van der Waals surface area contributed by atoms with Crippen molar-refractivity contribution < 1.29 is 0 Å². The van der Waals surface area contributed by atoms with E-state index in [9.17, 15) is 0 Å². The van der Waals surface area contributed by atoms with E-state index in [1.807, 2.05) is 6.20 Å². The van der Waals surface area contributed by atoms with Crippen LogP contribution in [-0.2, 0) is 13.0 Å². The Morgan fingerprint density at radius 2 is 2.19 bits per heavy atom. The van der Waals surface area contributed by atoms with Gasteiger partial charge in [-0.05, 0) is 36.8 Å². The average molecular weight is 289 g/mol. The number of hydrogen-bond acceptors (Lipinski definition) is 3. The van der Waals surface area contributed by atoms with Gasteiger partial charge in [0.05, 0.1) is 5.69 Å². The van der Waals surface area contributed by atoms with Crippen LogP contribution >= 0.6 is 0 Å². The van der Waals surface area contributed by atoms with Crippen LogP contribution < -0.4 is 5.32 Å². The maximum absolute atomic E-state index is 4.64. The van der Waals surface area contributed by atoms with Gasteiger partial charge in [0.2, 0.25) is 0 Å². The zero-order chi connectivity index (χ0) is 15.2. The van der Waals surface area contributed by atoms with Gasteiger partial charge in [-0.3, -0.25) is 9.88 Å². The SMILES string of the molecule is CCc1cccnc1CN1CC(CC(C)C)NCC1CC. The highest BCUT2D eigenvalue weighted by Crippen LogP contribution is 2.19. The first-order valence-corrected chi connectivity index (χ1v) is 8.54. The van der Waals surface area contributed by atoms with Crippen LogP contribution in [0.5, 0.6) is 0 Å². The highest BCUT2D eigenvalue weighted by atomic mass is 15.2. The summed E-state index contributed by atoms with van der Waals surface area (Å²) in [5.41, 5.74) is 2.66. The molecule has 0 aliphatic carbocycles. The Hall–Kier alpha value is -0.930. The fourth-order valence-electron chi connectivity index (χ4n) is 3.38.